The molecule has 4 rings (SSSR count). The Kier molecular flexibility index (Phi) is 9.62. The van der Waals surface area contributed by atoms with Crippen molar-refractivity contribution in [2.45, 2.75) is 176 Å². The number of hydrogen-bond acceptors (Lipinski definition) is 8. The van der Waals surface area contributed by atoms with Gasteiger partial charge in [0.1, 0.15) is 6.10 Å². The molecule has 4 aliphatic rings. The number of halogens is 1. The topological polar surface area (TPSA) is 121 Å². The van der Waals surface area contributed by atoms with E-state index < -0.39 is 39.4 Å². The summed E-state index contributed by atoms with van der Waals surface area (Å²) in [4.78, 5) is 0.315. The maximum atomic E-state index is 11.7. The van der Waals surface area contributed by atoms with Crippen LogP contribution in [0.4, 0.5) is 0 Å². The van der Waals surface area contributed by atoms with Gasteiger partial charge in [0.25, 0.3) is 0 Å². The molecule has 11 heteroatoms. The zero-order valence-electron chi connectivity index (χ0n) is 25.8. The molecule has 0 aromatic rings. The lowest BCUT2D eigenvalue weighted by Gasteiger charge is -2.55. The molecule has 41 heavy (non-hydrogen) atoms. The number of hydrogen-bond donors (Lipinski definition) is 2. The number of alkyl halides is 1. The van der Waals surface area contributed by atoms with Crippen molar-refractivity contribution in [3.8, 4) is 0 Å². The van der Waals surface area contributed by atoms with E-state index in [-0.39, 0.29) is 35.9 Å². The second-order valence-corrected chi connectivity index (χ2v) is 16.6. The van der Waals surface area contributed by atoms with Crippen molar-refractivity contribution in [2.24, 2.45) is 0 Å². The quantitative estimate of drug-likeness (QED) is 0.178. The SMILES string of the molecule is C=C(CC[C@H](OS(=O)(=O)O)[C@@]1(C)CC[C@H](C(C)(C)O)O1)[C@H]1CC[C@H]2O[C@@H]([C@]3(C)CC[C@@H](Br)C(C)(C)O3)CC[C@]2(C)O1. The number of fused-ring (bicyclic) bond motifs is 1. The van der Waals surface area contributed by atoms with E-state index in [0.29, 0.717) is 24.1 Å². The van der Waals surface area contributed by atoms with Gasteiger partial charge in [-0.1, -0.05) is 22.5 Å². The Balaban J connectivity index is 1.36. The molecule has 238 valence electrons. The zero-order chi connectivity index (χ0) is 30.6. The Labute approximate surface area is 255 Å². The van der Waals surface area contributed by atoms with Gasteiger partial charge in [-0.2, -0.15) is 8.42 Å². The monoisotopic (exact) mass is 666 g/mol. The van der Waals surface area contributed by atoms with E-state index in [9.17, 15) is 18.1 Å². The van der Waals surface area contributed by atoms with Gasteiger partial charge in [-0.15, -0.1) is 0 Å². The third-order valence-electron chi connectivity index (χ3n) is 10.0. The molecule has 0 spiro atoms. The van der Waals surface area contributed by atoms with Crippen LogP contribution in [-0.4, -0.2) is 81.4 Å². The van der Waals surface area contributed by atoms with Crippen molar-refractivity contribution in [3.63, 3.8) is 0 Å². The smallest absolute Gasteiger partial charge is 0.388 e. The Bertz CT molecular complexity index is 1070. The standard InChI is InChI=1S/C30H51BrO9S/c1-19(9-11-25(39-41(33,34)35)29(7)17-14-22(38-29)26(2,3)32)20-10-12-23-28(6,37-20)18-15-24(36-23)30(8)16-13-21(31)27(4,5)40-30/h20-25,32H,1,9-18H2,2-8H3,(H,33,34,35)/t20-,21-,22-,23-,24-,25+,28+,29-,30+/m1/s1. The molecule has 4 fully saturated rings. The molecule has 0 aromatic carbocycles. The molecule has 0 unspecified atom stereocenters. The molecule has 0 amide bonds. The predicted octanol–water partition coefficient (Wildman–Crippen LogP) is 5.82. The molecule has 0 aromatic heterocycles. The summed E-state index contributed by atoms with van der Waals surface area (Å²) in [5.41, 5.74) is -2.29. The lowest BCUT2D eigenvalue weighted by Crippen LogP contribution is -2.62. The van der Waals surface area contributed by atoms with Crippen LogP contribution in [0.3, 0.4) is 0 Å². The first-order valence-corrected chi connectivity index (χ1v) is 17.3. The van der Waals surface area contributed by atoms with Crippen LogP contribution < -0.4 is 0 Å². The molecule has 4 saturated heterocycles. The average molecular weight is 668 g/mol. The summed E-state index contributed by atoms with van der Waals surface area (Å²) in [6.07, 6.45) is 5.35. The second kappa shape index (κ2) is 11.7. The fraction of sp³-hybridized carbons (Fsp3) is 0.933. The number of aliphatic hydroxyl groups is 1. The Morgan fingerprint density at radius 2 is 1.63 bits per heavy atom. The van der Waals surface area contributed by atoms with Crippen molar-refractivity contribution >= 4 is 26.3 Å². The summed E-state index contributed by atoms with van der Waals surface area (Å²) < 4.78 is 64.3. The highest BCUT2D eigenvalue weighted by molar-refractivity contribution is 9.09. The lowest BCUT2D eigenvalue weighted by molar-refractivity contribution is -0.285. The molecule has 2 N–H and O–H groups in total. The van der Waals surface area contributed by atoms with Gasteiger partial charge in [-0.3, -0.25) is 4.55 Å². The van der Waals surface area contributed by atoms with E-state index in [4.69, 9.17) is 23.1 Å². The molecule has 0 bridgehead atoms. The third kappa shape index (κ3) is 7.59. The van der Waals surface area contributed by atoms with Gasteiger partial charge in [0.05, 0.1) is 52.4 Å². The first-order valence-electron chi connectivity index (χ1n) is 15.1. The second-order valence-electron chi connectivity index (χ2n) is 14.5. The van der Waals surface area contributed by atoms with E-state index in [1.165, 1.54) is 0 Å². The fourth-order valence-electron chi connectivity index (χ4n) is 7.30. The molecule has 0 saturated carbocycles. The maximum absolute atomic E-state index is 11.7. The van der Waals surface area contributed by atoms with Crippen LogP contribution in [0.5, 0.6) is 0 Å². The molecular formula is C30H51BrO9S. The minimum Gasteiger partial charge on any atom is -0.388 e. The Morgan fingerprint density at radius 1 is 1.00 bits per heavy atom. The highest BCUT2D eigenvalue weighted by Crippen LogP contribution is 2.48. The average Bonchev–Trinajstić information content (AvgIpc) is 3.26. The predicted molar refractivity (Wildman–Crippen MR) is 160 cm³/mol. The van der Waals surface area contributed by atoms with E-state index in [1.807, 2.05) is 0 Å². The Morgan fingerprint density at radius 3 is 2.22 bits per heavy atom. The normalized spacial score (nSPS) is 42.4. The summed E-state index contributed by atoms with van der Waals surface area (Å²) >= 11 is 3.78. The van der Waals surface area contributed by atoms with Crippen LogP contribution in [0.25, 0.3) is 0 Å². The van der Waals surface area contributed by atoms with Crippen LogP contribution in [0.2, 0.25) is 0 Å². The molecule has 9 atom stereocenters. The molecule has 4 heterocycles. The third-order valence-corrected chi connectivity index (χ3v) is 12.1. The van der Waals surface area contributed by atoms with Gasteiger partial charge in [0.15, 0.2) is 0 Å². The van der Waals surface area contributed by atoms with E-state index in [1.54, 1.807) is 20.8 Å². The van der Waals surface area contributed by atoms with Crippen molar-refractivity contribution in [1.29, 1.82) is 0 Å². The van der Waals surface area contributed by atoms with Crippen molar-refractivity contribution in [3.05, 3.63) is 12.2 Å². The summed E-state index contributed by atoms with van der Waals surface area (Å²) in [7, 11) is -4.71. The van der Waals surface area contributed by atoms with Gasteiger partial charge in [-0.05, 0) is 118 Å². The molecule has 0 radical (unpaired) electrons. The molecule has 0 aliphatic carbocycles. The summed E-state index contributed by atoms with van der Waals surface area (Å²) in [6.45, 7) is 18.0. The summed E-state index contributed by atoms with van der Waals surface area (Å²) in [6, 6.07) is 0. The molecular weight excluding hydrogens is 616 g/mol. The lowest BCUT2D eigenvalue weighted by atomic mass is 9.76. The van der Waals surface area contributed by atoms with Crippen LogP contribution in [0, 0.1) is 0 Å². The van der Waals surface area contributed by atoms with Crippen molar-refractivity contribution < 1.29 is 41.2 Å². The largest absolute Gasteiger partial charge is 0.397 e. The Hall–Kier alpha value is -0.110. The molecule has 9 nitrogen and oxygen atoms in total. The molecule has 4 aliphatic heterocycles. The van der Waals surface area contributed by atoms with E-state index in [0.717, 1.165) is 44.1 Å². The minimum atomic E-state index is -4.71. The van der Waals surface area contributed by atoms with Crippen LogP contribution in [0.1, 0.15) is 113 Å². The number of rotatable bonds is 9. The van der Waals surface area contributed by atoms with Crippen molar-refractivity contribution in [2.75, 3.05) is 0 Å². The first kappa shape index (κ1) is 33.8. The van der Waals surface area contributed by atoms with E-state index in [2.05, 4.69) is 50.2 Å². The summed E-state index contributed by atoms with van der Waals surface area (Å²) in [5.74, 6) is 0. The van der Waals surface area contributed by atoms with Crippen LogP contribution in [-0.2, 0) is 33.5 Å². The maximum Gasteiger partial charge on any atom is 0.397 e. The fourth-order valence-corrected chi connectivity index (χ4v) is 8.21. The van der Waals surface area contributed by atoms with Crippen LogP contribution >= 0.6 is 15.9 Å². The van der Waals surface area contributed by atoms with Gasteiger partial charge in [0, 0.05) is 4.83 Å². The van der Waals surface area contributed by atoms with Gasteiger partial charge in [0.2, 0.25) is 0 Å². The van der Waals surface area contributed by atoms with Crippen molar-refractivity contribution in [1.82, 2.24) is 0 Å². The highest BCUT2D eigenvalue weighted by atomic mass is 79.9. The highest BCUT2D eigenvalue weighted by Gasteiger charge is 2.54. The number of ether oxygens (including phenoxy) is 4. The van der Waals surface area contributed by atoms with Crippen LogP contribution in [0.15, 0.2) is 12.2 Å². The zero-order valence-corrected chi connectivity index (χ0v) is 28.2. The minimum absolute atomic E-state index is 0.00131. The van der Waals surface area contributed by atoms with Gasteiger partial charge < -0.3 is 24.1 Å². The van der Waals surface area contributed by atoms with E-state index >= 15 is 0 Å². The first-order chi connectivity index (χ1) is 18.7. The van der Waals surface area contributed by atoms with Gasteiger partial charge in [-0.25, -0.2) is 4.18 Å². The van der Waals surface area contributed by atoms with Gasteiger partial charge >= 0.3 is 10.4 Å². The summed E-state index contributed by atoms with van der Waals surface area (Å²) in [5, 5.41) is 10.4.